The summed E-state index contributed by atoms with van der Waals surface area (Å²) in [6.45, 7) is 6.37. The summed E-state index contributed by atoms with van der Waals surface area (Å²) in [5, 5.41) is 53.8. The zero-order chi connectivity index (χ0) is 23.9. The average Bonchev–Trinajstić information content (AvgIpc) is 3.30. The van der Waals surface area contributed by atoms with Gasteiger partial charge in [-0.3, -0.25) is 0 Å². The van der Waals surface area contributed by atoms with E-state index in [9.17, 15) is 30.3 Å². The van der Waals surface area contributed by atoms with Crippen LogP contribution in [0.4, 0.5) is 0 Å². The molecule has 0 aromatic carbocycles. The number of hydrogen-bond acceptors (Lipinski definition) is 7. The molecule has 0 aromatic rings. The molecule has 5 rings (SSSR count). The molecule has 1 heterocycles. The maximum Gasteiger partial charge on any atom is 0.333 e. The van der Waals surface area contributed by atoms with Crippen LogP contribution in [-0.4, -0.2) is 62.2 Å². The fourth-order valence-electron chi connectivity index (χ4n) is 8.66. The molecule has 12 atom stereocenters. The van der Waals surface area contributed by atoms with Crippen LogP contribution < -0.4 is 0 Å². The quantitative estimate of drug-likeness (QED) is 0.319. The molecule has 0 spiro atoms. The van der Waals surface area contributed by atoms with Crippen LogP contribution in [0.2, 0.25) is 0 Å². The van der Waals surface area contributed by atoms with E-state index in [0.717, 1.165) is 37.7 Å². The molecular formula is C26H38O7. The first kappa shape index (κ1) is 23.5. The molecule has 5 aliphatic rings. The Hall–Kier alpha value is -1.25. The molecule has 0 amide bonds. The van der Waals surface area contributed by atoms with Crippen molar-refractivity contribution in [3.63, 3.8) is 0 Å². The maximum atomic E-state index is 11.5. The molecule has 1 aliphatic heterocycles. The van der Waals surface area contributed by atoms with Crippen molar-refractivity contribution in [3.8, 4) is 0 Å². The van der Waals surface area contributed by atoms with Crippen LogP contribution >= 0.6 is 0 Å². The number of ether oxygens (including phenoxy) is 1. The molecule has 3 fully saturated rings. The van der Waals surface area contributed by atoms with Gasteiger partial charge in [-0.05, 0) is 73.0 Å². The second-order valence-corrected chi connectivity index (χ2v) is 11.8. The summed E-state index contributed by atoms with van der Waals surface area (Å²) in [7, 11) is 0. The minimum absolute atomic E-state index is 0.0467. The highest BCUT2D eigenvalue weighted by molar-refractivity contribution is 5.85. The summed E-state index contributed by atoms with van der Waals surface area (Å²) in [6.07, 6.45) is 3.59. The second-order valence-electron chi connectivity index (χ2n) is 11.8. The summed E-state index contributed by atoms with van der Waals surface area (Å²) in [5.74, 6) is -0.668. The van der Waals surface area contributed by atoms with E-state index in [4.69, 9.17) is 4.74 Å². The third kappa shape index (κ3) is 3.30. The third-order valence-electron chi connectivity index (χ3n) is 10.5. The highest BCUT2D eigenvalue weighted by Crippen LogP contribution is 2.67. The molecule has 7 heteroatoms. The Morgan fingerprint density at radius 2 is 1.76 bits per heavy atom. The van der Waals surface area contributed by atoms with Crippen LogP contribution in [0.1, 0.15) is 59.3 Å². The summed E-state index contributed by atoms with van der Waals surface area (Å²) >= 11 is 0. The molecule has 0 saturated heterocycles. The van der Waals surface area contributed by atoms with Crippen molar-refractivity contribution in [2.45, 2.75) is 90.0 Å². The van der Waals surface area contributed by atoms with Gasteiger partial charge >= 0.3 is 5.97 Å². The molecule has 4 aliphatic carbocycles. The Balaban J connectivity index is 1.42. The molecule has 33 heavy (non-hydrogen) atoms. The first-order chi connectivity index (χ1) is 15.5. The lowest BCUT2D eigenvalue weighted by molar-refractivity contribution is -0.218. The smallest absolute Gasteiger partial charge is 0.333 e. The van der Waals surface area contributed by atoms with Gasteiger partial charge in [0, 0.05) is 17.6 Å². The van der Waals surface area contributed by atoms with Crippen LogP contribution in [0.15, 0.2) is 23.3 Å². The highest BCUT2D eigenvalue weighted by atomic mass is 16.6. The molecule has 0 radical (unpaired) electrons. The zero-order valence-electron chi connectivity index (χ0n) is 19.7. The van der Waals surface area contributed by atoms with E-state index < -0.39 is 36.7 Å². The Morgan fingerprint density at radius 3 is 2.42 bits per heavy atom. The number of carbonyl (C=O) groups is 1. The number of allylic oxidation sites excluding steroid dienone is 1. The lowest BCUT2D eigenvalue weighted by atomic mass is 9.43. The number of hydrogen-bond donors (Lipinski definition) is 5. The Labute approximate surface area is 195 Å². The van der Waals surface area contributed by atoms with E-state index in [-0.39, 0.29) is 46.0 Å². The van der Waals surface area contributed by atoms with Crippen LogP contribution in [0, 0.1) is 40.4 Å². The topological polar surface area (TPSA) is 127 Å². The van der Waals surface area contributed by atoms with Gasteiger partial charge in [-0.25, -0.2) is 4.79 Å². The van der Waals surface area contributed by atoms with Gasteiger partial charge in [0.25, 0.3) is 0 Å². The largest absolute Gasteiger partial charge is 0.429 e. The summed E-state index contributed by atoms with van der Waals surface area (Å²) in [5.41, 5.74) is 0.945. The SMILES string of the molecule is C[C@@H](C1=CC[C@H]2[C@@H]3[C@@H](O)[C@H](O)[C@H]4C[C@@H](O)CC[C@]4(C)[C@H]3CC[C@]12C)[C@@H](O)C1=CC(=O)OC1O. The molecule has 1 unspecified atom stereocenters. The van der Waals surface area contributed by atoms with Crippen molar-refractivity contribution in [2.75, 3.05) is 0 Å². The Kier molecular flexibility index (Phi) is 5.61. The van der Waals surface area contributed by atoms with Gasteiger partial charge in [0.05, 0.1) is 24.4 Å². The summed E-state index contributed by atoms with van der Waals surface area (Å²) < 4.78 is 4.77. The molecule has 7 nitrogen and oxygen atoms in total. The lowest BCUT2D eigenvalue weighted by Crippen LogP contribution is -2.64. The van der Waals surface area contributed by atoms with Gasteiger partial charge in [-0.15, -0.1) is 0 Å². The van der Waals surface area contributed by atoms with Crippen LogP contribution in [0.5, 0.6) is 0 Å². The molecule has 5 N–H and O–H groups in total. The van der Waals surface area contributed by atoms with Gasteiger partial charge in [-0.2, -0.15) is 0 Å². The monoisotopic (exact) mass is 462 g/mol. The number of fused-ring (bicyclic) bond motifs is 5. The number of rotatable bonds is 3. The van der Waals surface area contributed by atoms with E-state index >= 15 is 0 Å². The molecule has 0 bridgehead atoms. The van der Waals surface area contributed by atoms with Crippen LogP contribution in [-0.2, 0) is 9.53 Å². The minimum atomic E-state index is -1.41. The van der Waals surface area contributed by atoms with E-state index in [1.165, 1.54) is 6.08 Å². The van der Waals surface area contributed by atoms with E-state index in [1.54, 1.807) is 0 Å². The number of aliphatic hydroxyl groups excluding tert-OH is 5. The van der Waals surface area contributed by atoms with Crippen molar-refractivity contribution < 1.29 is 35.1 Å². The van der Waals surface area contributed by atoms with Crippen molar-refractivity contribution >= 4 is 5.97 Å². The zero-order valence-corrected chi connectivity index (χ0v) is 19.7. The number of esters is 1. The van der Waals surface area contributed by atoms with E-state index in [2.05, 4.69) is 19.9 Å². The van der Waals surface area contributed by atoms with Gasteiger partial charge in [0.1, 0.15) is 0 Å². The number of aliphatic hydroxyl groups is 5. The summed E-state index contributed by atoms with van der Waals surface area (Å²) in [6, 6.07) is 0. The molecule has 0 aromatic heterocycles. The van der Waals surface area contributed by atoms with E-state index in [0.29, 0.717) is 6.42 Å². The second kappa shape index (κ2) is 7.89. The Morgan fingerprint density at radius 1 is 1.03 bits per heavy atom. The maximum absolute atomic E-state index is 11.5. The third-order valence-corrected chi connectivity index (χ3v) is 10.5. The van der Waals surface area contributed by atoms with E-state index in [1.807, 2.05) is 6.92 Å². The van der Waals surface area contributed by atoms with Crippen molar-refractivity contribution in [3.05, 3.63) is 23.3 Å². The summed E-state index contributed by atoms with van der Waals surface area (Å²) in [4.78, 5) is 11.5. The molecule has 3 saturated carbocycles. The minimum Gasteiger partial charge on any atom is -0.429 e. The highest BCUT2D eigenvalue weighted by Gasteiger charge is 2.64. The van der Waals surface area contributed by atoms with Gasteiger partial charge < -0.3 is 30.3 Å². The standard InChI is InChI=1S/C26H38O7/c1-12(21(29)14-11-19(28)33-24(14)32)15-4-5-16-20-17(7-9-25(15,16)2)26(3)8-6-13(27)10-18(26)22(30)23(20)31/h4,11-13,16-18,20-24,27,29-32H,5-10H2,1-3H3/t12-,13-,16-,17-,18+,20-,21+,22+,23+,24?,25+,26+/m0/s1. The van der Waals surface area contributed by atoms with Crippen molar-refractivity contribution in [1.82, 2.24) is 0 Å². The lowest BCUT2D eigenvalue weighted by Gasteiger charge is -2.63. The van der Waals surface area contributed by atoms with Crippen molar-refractivity contribution in [1.29, 1.82) is 0 Å². The fraction of sp³-hybridized carbons (Fsp3) is 0.808. The van der Waals surface area contributed by atoms with Gasteiger partial charge in [0.15, 0.2) is 0 Å². The Bertz CT molecular complexity index is 882. The number of carbonyl (C=O) groups excluding carboxylic acids is 1. The van der Waals surface area contributed by atoms with Gasteiger partial charge in [0.2, 0.25) is 6.29 Å². The van der Waals surface area contributed by atoms with Crippen LogP contribution in [0.25, 0.3) is 0 Å². The fourth-order valence-corrected chi connectivity index (χ4v) is 8.66. The van der Waals surface area contributed by atoms with Crippen molar-refractivity contribution in [2.24, 2.45) is 40.4 Å². The first-order valence-electron chi connectivity index (χ1n) is 12.5. The predicted octanol–water partition coefficient (Wildman–Crippen LogP) is 1.67. The average molecular weight is 463 g/mol. The number of cyclic esters (lactones) is 1. The normalized spacial score (nSPS) is 51.0. The first-order valence-corrected chi connectivity index (χ1v) is 12.5. The van der Waals surface area contributed by atoms with Crippen LogP contribution in [0.3, 0.4) is 0 Å². The molecule has 184 valence electrons. The van der Waals surface area contributed by atoms with Gasteiger partial charge in [-0.1, -0.05) is 32.4 Å². The molecular weight excluding hydrogens is 424 g/mol. The predicted molar refractivity (Wildman–Crippen MR) is 119 cm³/mol.